The molecule has 1 rings (SSSR count). The van der Waals surface area contributed by atoms with Gasteiger partial charge < -0.3 is 9.21 Å². The molecule has 0 spiro atoms. The van der Waals surface area contributed by atoms with Crippen molar-refractivity contribution in [3.05, 3.63) is 23.7 Å². The number of aliphatic imine (C=N–C) groups is 1. The average molecular weight is 193 g/mol. The molecule has 76 valence electrons. The molecule has 0 aromatic carbocycles. The van der Waals surface area contributed by atoms with E-state index in [0.29, 0.717) is 11.5 Å². The van der Waals surface area contributed by atoms with Crippen molar-refractivity contribution in [3.8, 4) is 0 Å². The molecule has 0 fully saturated rings. The maximum absolute atomic E-state index is 10.9. The zero-order chi connectivity index (χ0) is 10.6. The molecule has 0 aliphatic carbocycles. The lowest BCUT2D eigenvalue weighted by Gasteiger charge is -2.17. The van der Waals surface area contributed by atoms with Gasteiger partial charge in [0.05, 0.1) is 11.6 Å². The normalized spacial score (nSPS) is 15.6. The maximum Gasteiger partial charge on any atom is 0.144 e. The van der Waals surface area contributed by atoms with E-state index in [9.17, 15) is 4.79 Å². The van der Waals surface area contributed by atoms with Gasteiger partial charge in [-0.05, 0) is 25.5 Å². The maximum atomic E-state index is 10.9. The third kappa shape index (κ3) is 1.92. The average Bonchev–Trinajstić information content (AvgIpc) is 2.66. The highest BCUT2D eigenvalue weighted by Gasteiger charge is 2.27. The predicted molar refractivity (Wildman–Crippen MR) is 55.9 cm³/mol. The molecule has 1 heterocycles. The molecular weight excluding hydrogens is 178 g/mol. The van der Waals surface area contributed by atoms with Gasteiger partial charge in [-0.2, -0.15) is 0 Å². The predicted octanol–water partition coefficient (Wildman–Crippen LogP) is 2.19. The summed E-state index contributed by atoms with van der Waals surface area (Å²) in [7, 11) is 1.68. The zero-order valence-electron chi connectivity index (χ0n) is 8.78. The van der Waals surface area contributed by atoms with Crippen LogP contribution in [0.15, 0.2) is 21.5 Å². The van der Waals surface area contributed by atoms with Crippen LogP contribution >= 0.6 is 0 Å². The number of hydrogen-bond donors (Lipinski definition) is 0. The first kappa shape index (κ1) is 10.7. The summed E-state index contributed by atoms with van der Waals surface area (Å²) in [6.45, 7) is 3.83. The Bertz CT molecular complexity index is 341. The second-order valence-corrected chi connectivity index (χ2v) is 3.48. The van der Waals surface area contributed by atoms with Gasteiger partial charge in [0.15, 0.2) is 0 Å². The molecule has 1 aromatic rings. The molecule has 0 amide bonds. The van der Waals surface area contributed by atoms with Crippen molar-refractivity contribution in [3.63, 3.8) is 0 Å². The van der Waals surface area contributed by atoms with E-state index >= 15 is 0 Å². The van der Waals surface area contributed by atoms with Crippen LogP contribution < -0.4 is 0 Å². The summed E-state index contributed by atoms with van der Waals surface area (Å²) in [6, 6.07) is 3.65. The summed E-state index contributed by atoms with van der Waals surface area (Å²) >= 11 is 0. The first-order chi connectivity index (χ1) is 6.66. The van der Waals surface area contributed by atoms with Crippen molar-refractivity contribution in [2.24, 2.45) is 4.99 Å². The van der Waals surface area contributed by atoms with E-state index in [4.69, 9.17) is 4.42 Å². The van der Waals surface area contributed by atoms with E-state index in [-0.39, 0.29) is 0 Å². The van der Waals surface area contributed by atoms with Gasteiger partial charge in [0.25, 0.3) is 0 Å². The van der Waals surface area contributed by atoms with Gasteiger partial charge in [0.1, 0.15) is 17.8 Å². The van der Waals surface area contributed by atoms with Crippen molar-refractivity contribution in [2.75, 3.05) is 7.05 Å². The molecule has 0 N–H and O–H groups in total. The Morgan fingerprint density at radius 2 is 2.29 bits per heavy atom. The van der Waals surface area contributed by atoms with Gasteiger partial charge in [-0.15, -0.1) is 0 Å². The van der Waals surface area contributed by atoms with E-state index in [1.54, 1.807) is 13.3 Å². The fraction of sp³-hybridized carbons (Fsp3) is 0.455. The smallest absolute Gasteiger partial charge is 0.144 e. The fourth-order valence-electron chi connectivity index (χ4n) is 1.17. The molecule has 0 bridgehead atoms. The first-order valence-corrected chi connectivity index (χ1v) is 4.65. The fourth-order valence-corrected chi connectivity index (χ4v) is 1.17. The molecule has 1 atom stereocenters. The standard InChI is InChI=1S/C11H15NO2/c1-4-11(2,8-13)10-6-5-9(14-10)7-12-3/h5-8H,4H2,1-3H3/b12-7+/t11-/m0/s1. The molecule has 3 heteroatoms. The van der Waals surface area contributed by atoms with E-state index in [1.807, 2.05) is 26.0 Å². The monoisotopic (exact) mass is 193 g/mol. The summed E-state index contributed by atoms with van der Waals surface area (Å²) in [5.74, 6) is 1.38. The highest BCUT2D eigenvalue weighted by molar-refractivity contribution is 5.76. The molecule has 0 saturated heterocycles. The third-order valence-electron chi connectivity index (χ3n) is 2.44. The van der Waals surface area contributed by atoms with Gasteiger partial charge in [0, 0.05) is 7.05 Å². The van der Waals surface area contributed by atoms with Crippen LogP contribution in [-0.4, -0.2) is 19.5 Å². The van der Waals surface area contributed by atoms with Crippen molar-refractivity contribution >= 4 is 12.5 Å². The van der Waals surface area contributed by atoms with Crippen LogP contribution in [0.1, 0.15) is 31.8 Å². The van der Waals surface area contributed by atoms with Crippen molar-refractivity contribution in [1.82, 2.24) is 0 Å². The van der Waals surface area contributed by atoms with Gasteiger partial charge in [0.2, 0.25) is 0 Å². The molecule has 14 heavy (non-hydrogen) atoms. The lowest BCUT2D eigenvalue weighted by Crippen LogP contribution is -2.21. The van der Waals surface area contributed by atoms with Gasteiger partial charge in [-0.3, -0.25) is 4.99 Å². The molecule has 0 aliphatic heterocycles. The first-order valence-electron chi connectivity index (χ1n) is 4.65. The Hall–Kier alpha value is -1.38. The summed E-state index contributed by atoms with van der Waals surface area (Å²) in [5.41, 5.74) is -0.514. The van der Waals surface area contributed by atoms with Gasteiger partial charge >= 0.3 is 0 Å². The topological polar surface area (TPSA) is 42.6 Å². The number of furan rings is 1. The van der Waals surface area contributed by atoms with Crippen molar-refractivity contribution < 1.29 is 9.21 Å². The number of rotatable bonds is 4. The van der Waals surface area contributed by atoms with Gasteiger partial charge in [-0.1, -0.05) is 6.92 Å². The third-order valence-corrected chi connectivity index (χ3v) is 2.44. The van der Waals surface area contributed by atoms with Crippen LogP contribution in [0.5, 0.6) is 0 Å². The van der Waals surface area contributed by atoms with E-state index in [1.165, 1.54) is 0 Å². The number of carbonyl (C=O) groups is 1. The lowest BCUT2D eigenvalue weighted by atomic mass is 9.87. The molecular formula is C11H15NO2. The lowest BCUT2D eigenvalue weighted by molar-refractivity contribution is -0.112. The minimum absolute atomic E-state index is 0.514. The van der Waals surface area contributed by atoms with Crippen molar-refractivity contribution in [2.45, 2.75) is 25.7 Å². The largest absolute Gasteiger partial charge is 0.459 e. The number of carbonyl (C=O) groups excluding carboxylic acids is 1. The van der Waals surface area contributed by atoms with Crippen LogP contribution in [0.2, 0.25) is 0 Å². The van der Waals surface area contributed by atoms with Crippen molar-refractivity contribution in [1.29, 1.82) is 0 Å². The second-order valence-electron chi connectivity index (χ2n) is 3.48. The van der Waals surface area contributed by atoms with Crippen LogP contribution in [0.3, 0.4) is 0 Å². The van der Waals surface area contributed by atoms with E-state index in [0.717, 1.165) is 12.7 Å². The van der Waals surface area contributed by atoms with E-state index in [2.05, 4.69) is 4.99 Å². The summed E-state index contributed by atoms with van der Waals surface area (Å²) < 4.78 is 5.49. The Morgan fingerprint density at radius 1 is 1.57 bits per heavy atom. The Balaban J connectivity index is 3.00. The van der Waals surface area contributed by atoms with Crippen LogP contribution in [-0.2, 0) is 10.2 Å². The minimum Gasteiger partial charge on any atom is -0.459 e. The molecule has 0 unspecified atom stereocenters. The van der Waals surface area contributed by atoms with Gasteiger partial charge in [-0.25, -0.2) is 0 Å². The Kier molecular flexibility index (Phi) is 3.23. The molecule has 1 aromatic heterocycles. The molecule has 0 saturated carbocycles. The van der Waals surface area contributed by atoms with Crippen LogP contribution in [0.25, 0.3) is 0 Å². The SMILES string of the molecule is CC[C@@](C)(C=O)c1ccc(/C=N/C)o1. The highest BCUT2D eigenvalue weighted by atomic mass is 16.3. The second kappa shape index (κ2) is 4.22. The molecule has 3 nitrogen and oxygen atoms in total. The minimum atomic E-state index is -0.514. The number of nitrogens with zero attached hydrogens (tertiary/aromatic N) is 1. The van der Waals surface area contributed by atoms with Crippen LogP contribution in [0.4, 0.5) is 0 Å². The van der Waals surface area contributed by atoms with E-state index < -0.39 is 5.41 Å². The quantitative estimate of drug-likeness (QED) is 0.543. The summed E-state index contributed by atoms with van der Waals surface area (Å²) in [5, 5.41) is 0. The highest BCUT2D eigenvalue weighted by Crippen LogP contribution is 2.26. The Labute approximate surface area is 83.8 Å². The van der Waals surface area contributed by atoms with Crippen LogP contribution in [0, 0.1) is 0 Å². The number of aldehydes is 1. The molecule has 0 radical (unpaired) electrons. The zero-order valence-corrected chi connectivity index (χ0v) is 8.78. The summed E-state index contributed by atoms with van der Waals surface area (Å²) in [6.07, 6.45) is 3.29. The Morgan fingerprint density at radius 3 is 2.79 bits per heavy atom. The number of hydrogen-bond acceptors (Lipinski definition) is 3. The molecule has 0 aliphatic rings. The summed E-state index contributed by atoms with van der Waals surface area (Å²) in [4.78, 5) is 14.8.